The number of rotatable bonds is 4. The topological polar surface area (TPSA) is 79.0 Å². The van der Waals surface area contributed by atoms with Crippen molar-refractivity contribution in [2.75, 3.05) is 5.32 Å². The Morgan fingerprint density at radius 1 is 1.33 bits per heavy atom. The van der Waals surface area contributed by atoms with Crippen molar-refractivity contribution in [2.24, 2.45) is 0 Å². The van der Waals surface area contributed by atoms with Crippen LogP contribution >= 0.6 is 27.5 Å². The van der Waals surface area contributed by atoms with Crippen LogP contribution in [0.25, 0.3) is 0 Å². The molecule has 0 bridgehead atoms. The van der Waals surface area contributed by atoms with Crippen LogP contribution in [0.1, 0.15) is 11.1 Å². The normalized spacial score (nSPS) is 9.95. The van der Waals surface area contributed by atoms with Gasteiger partial charge < -0.3 is 5.32 Å². The predicted molar refractivity (Wildman–Crippen MR) is 84.3 cm³/mol. The highest BCUT2D eigenvalue weighted by Crippen LogP contribution is 2.27. The smallest absolute Gasteiger partial charge is 0.274 e. The molecule has 0 aliphatic rings. The van der Waals surface area contributed by atoms with E-state index in [2.05, 4.69) is 21.2 Å². The molecule has 0 amide bonds. The molecule has 21 heavy (non-hydrogen) atoms. The van der Waals surface area contributed by atoms with Crippen molar-refractivity contribution >= 4 is 38.9 Å². The predicted octanol–water partition coefficient (Wildman–Crippen LogP) is 4.49. The van der Waals surface area contributed by atoms with E-state index in [1.807, 2.05) is 6.07 Å². The van der Waals surface area contributed by atoms with Crippen molar-refractivity contribution in [1.29, 1.82) is 5.26 Å². The largest absolute Gasteiger partial charge is 0.379 e. The maximum absolute atomic E-state index is 11.0. The molecule has 0 fully saturated rings. The number of benzene rings is 2. The summed E-state index contributed by atoms with van der Waals surface area (Å²) in [4.78, 5) is 10.6. The van der Waals surface area contributed by atoms with Gasteiger partial charge in [-0.3, -0.25) is 10.1 Å². The molecule has 5 nitrogen and oxygen atoms in total. The Morgan fingerprint density at radius 2 is 2.10 bits per heavy atom. The zero-order valence-electron chi connectivity index (χ0n) is 10.6. The van der Waals surface area contributed by atoms with E-state index in [1.54, 1.807) is 30.3 Å². The molecule has 7 heteroatoms. The highest BCUT2D eigenvalue weighted by atomic mass is 79.9. The van der Waals surface area contributed by atoms with Crippen LogP contribution in [-0.2, 0) is 6.54 Å². The average molecular weight is 367 g/mol. The van der Waals surface area contributed by atoms with E-state index in [0.29, 0.717) is 21.8 Å². The molecule has 1 N–H and O–H groups in total. The van der Waals surface area contributed by atoms with E-state index < -0.39 is 4.92 Å². The van der Waals surface area contributed by atoms with Crippen molar-refractivity contribution in [1.82, 2.24) is 0 Å². The molecule has 2 aromatic carbocycles. The van der Waals surface area contributed by atoms with Crippen LogP contribution in [0.15, 0.2) is 40.9 Å². The van der Waals surface area contributed by atoms with E-state index in [4.69, 9.17) is 16.9 Å². The van der Waals surface area contributed by atoms with Gasteiger partial charge in [-0.2, -0.15) is 5.26 Å². The van der Waals surface area contributed by atoms with Gasteiger partial charge in [-0.1, -0.05) is 27.5 Å². The molecule has 2 rings (SSSR count). The Morgan fingerprint density at radius 3 is 2.71 bits per heavy atom. The molecule has 0 spiro atoms. The Balaban J connectivity index is 2.22. The van der Waals surface area contributed by atoms with Crippen molar-refractivity contribution in [2.45, 2.75) is 6.54 Å². The minimum atomic E-state index is -0.427. The molecule has 0 aromatic heterocycles. The molecule has 0 atom stereocenters. The number of nitro benzene ring substituents is 1. The summed E-state index contributed by atoms with van der Waals surface area (Å²) in [5, 5.41) is 23.2. The lowest BCUT2D eigenvalue weighted by molar-refractivity contribution is -0.385. The Bertz CT molecular complexity index is 743. The highest BCUT2D eigenvalue weighted by molar-refractivity contribution is 9.10. The first kappa shape index (κ1) is 15.3. The van der Waals surface area contributed by atoms with Crippen LogP contribution in [0.4, 0.5) is 11.4 Å². The van der Waals surface area contributed by atoms with Gasteiger partial charge in [0.1, 0.15) is 0 Å². The summed E-state index contributed by atoms with van der Waals surface area (Å²) in [5.41, 5.74) is 1.65. The van der Waals surface area contributed by atoms with E-state index in [9.17, 15) is 10.1 Å². The van der Waals surface area contributed by atoms with Gasteiger partial charge in [-0.15, -0.1) is 0 Å². The van der Waals surface area contributed by atoms with Gasteiger partial charge in [-0.25, -0.2) is 0 Å². The maximum atomic E-state index is 11.0. The molecular weight excluding hydrogens is 358 g/mol. The highest BCUT2D eigenvalue weighted by Gasteiger charge is 2.14. The number of nitrogens with zero attached hydrogens (tertiary/aromatic N) is 2. The second kappa shape index (κ2) is 6.57. The van der Waals surface area contributed by atoms with Crippen LogP contribution in [0.3, 0.4) is 0 Å². The lowest BCUT2D eigenvalue weighted by atomic mass is 10.1. The van der Waals surface area contributed by atoms with Gasteiger partial charge in [0.15, 0.2) is 0 Å². The van der Waals surface area contributed by atoms with Gasteiger partial charge in [0.2, 0.25) is 0 Å². The summed E-state index contributed by atoms with van der Waals surface area (Å²) < 4.78 is 0.760. The summed E-state index contributed by atoms with van der Waals surface area (Å²) in [7, 11) is 0. The molecule has 106 valence electrons. The quantitative estimate of drug-likeness (QED) is 0.638. The third-order valence-corrected chi connectivity index (χ3v) is 3.61. The minimum absolute atomic E-state index is 0.0375. The number of nitriles is 1. The lowest BCUT2D eigenvalue weighted by Crippen LogP contribution is -2.03. The Labute approximate surface area is 134 Å². The monoisotopic (exact) mass is 365 g/mol. The fraction of sp³-hybridized carbons (Fsp3) is 0.0714. The first-order valence-corrected chi connectivity index (χ1v) is 7.04. The fourth-order valence-electron chi connectivity index (χ4n) is 1.79. The van der Waals surface area contributed by atoms with Crippen molar-refractivity contribution in [3.05, 3.63) is 67.1 Å². The summed E-state index contributed by atoms with van der Waals surface area (Å²) in [5.74, 6) is 0. The average Bonchev–Trinajstić information content (AvgIpc) is 2.45. The maximum Gasteiger partial charge on any atom is 0.274 e. The zero-order valence-corrected chi connectivity index (χ0v) is 13.0. The van der Waals surface area contributed by atoms with Crippen LogP contribution in [0, 0.1) is 21.4 Å². The number of nitrogens with one attached hydrogen (secondary N) is 1. The zero-order chi connectivity index (χ0) is 15.4. The second-order valence-electron chi connectivity index (χ2n) is 4.19. The summed E-state index contributed by atoms with van der Waals surface area (Å²) in [6.45, 7) is 0.251. The fourth-order valence-corrected chi connectivity index (χ4v) is 2.45. The van der Waals surface area contributed by atoms with Gasteiger partial charge in [0.25, 0.3) is 5.69 Å². The molecule has 0 saturated carbocycles. The molecule has 0 radical (unpaired) electrons. The van der Waals surface area contributed by atoms with Crippen molar-refractivity contribution < 1.29 is 4.92 Å². The number of nitro groups is 1. The van der Waals surface area contributed by atoms with Gasteiger partial charge in [0.05, 0.1) is 27.3 Å². The van der Waals surface area contributed by atoms with Gasteiger partial charge >= 0.3 is 0 Å². The Hall–Kier alpha value is -2.10. The summed E-state index contributed by atoms with van der Waals surface area (Å²) in [6.07, 6.45) is 0. The molecule has 0 aliphatic carbocycles. The minimum Gasteiger partial charge on any atom is -0.379 e. The van der Waals surface area contributed by atoms with Crippen LogP contribution in [-0.4, -0.2) is 4.92 Å². The van der Waals surface area contributed by atoms with Crippen molar-refractivity contribution in [3.63, 3.8) is 0 Å². The molecule has 0 heterocycles. The van der Waals surface area contributed by atoms with E-state index >= 15 is 0 Å². The third-order valence-electron chi connectivity index (χ3n) is 2.81. The van der Waals surface area contributed by atoms with Gasteiger partial charge in [0, 0.05) is 22.6 Å². The first-order chi connectivity index (χ1) is 10.0. The van der Waals surface area contributed by atoms with Crippen LogP contribution in [0.5, 0.6) is 0 Å². The summed E-state index contributed by atoms with van der Waals surface area (Å²) in [6, 6.07) is 11.6. The SMILES string of the molecule is N#Cc1ccc(NCc2cc(Br)ccc2[N+](=O)[O-])c(Cl)c1. The molecule has 2 aromatic rings. The molecule has 0 aliphatic heterocycles. The molecule has 0 unspecified atom stereocenters. The molecule has 0 saturated heterocycles. The van der Waals surface area contributed by atoms with Crippen LogP contribution in [0.2, 0.25) is 5.02 Å². The summed E-state index contributed by atoms with van der Waals surface area (Å²) >= 11 is 9.34. The lowest BCUT2D eigenvalue weighted by Gasteiger charge is -2.09. The second-order valence-corrected chi connectivity index (χ2v) is 5.51. The van der Waals surface area contributed by atoms with E-state index in [1.165, 1.54) is 6.07 Å². The van der Waals surface area contributed by atoms with E-state index in [0.717, 1.165) is 4.47 Å². The number of halogens is 2. The standard InChI is InChI=1S/C14H9BrClN3O2/c15-11-2-4-14(19(20)21)10(6-11)8-18-13-3-1-9(7-17)5-12(13)16/h1-6,18H,8H2. The number of hydrogen-bond acceptors (Lipinski definition) is 4. The van der Waals surface area contributed by atoms with Crippen molar-refractivity contribution in [3.8, 4) is 6.07 Å². The van der Waals surface area contributed by atoms with Crippen LogP contribution < -0.4 is 5.32 Å². The first-order valence-electron chi connectivity index (χ1n) is 5.87. The number of hydrogen-bond donors (Lipinski definition) is 1. The molecular formula is C14H9BrClN3O2. The third kappa shape index (κ3) is 3.72. The Kier molecular flexibility index (Phi) is 4.78. The van der Waals surface area contributed by atoms with E-state index in [-0.39, 0.29) is 12.2 Å². The number of anilines is 1. The van der Waals surface area contributed by atoms with Gasteiger partial charge in [-0.05, 0) is 30.3 Å².